The quantitative estimate of drug-likeness (QED) is 0.461. The van der Waals surface area contributed by atoms with Crippen LogP contribution in [0.1, 0.15) is 0 Å². The predicted molar refractivity (Wildman–Crippen MR) is 49.7 cm³/mol. The highest BCUT2D eigenvalue weighted by molar-refractivity contribution is 6.39. The maximum absolute atomic E-state index is 12.9. The highest BCUT2D eigenvalue weighted by Gasteiger charge is 2.30. The van der Waals surface area contributed by atoms with E-state index in [0.717, 1.165) is 0 Å². The summed E-state index contributed by atoms with van der Waals surface area (Å²) in [4.78, 5) is 18.7. The Morgan fingerprint density at radius 3 is 2.07 bits per heavy atom. The zero-order chi connectivity index (χ0) is 11.7. The van der Waals surface area contributed by atoms with Gasteiger partial charge < -0.3 is 0 Å². The molecule has 0 N–H and O–H groups in total. The Labute approximate surface area is 91.5 Å². The number of nitro benzene ring substituents is 2. The van der Waals surface area contributed by atoms with Gasteiger partial charge in [-0.1, -0.05) is 23.2 Å². The van der Waals surface area contributed by atoms with Gasteiger partial charge in [-0.05, 0) is 0 Å². The molecule has 0 atom stereocenters. The molecule has 1 rings (SSSR count). The summed E-state index contributed by atoms with van der Waals surface area (Å²) in [7, 11) is 0. The molecule has 0 fully saturated rings. The van der Waals surface area contributed by atoms with Crippen molar-refractivity contribution in [1.82, 2.24) is 0 Å². The van der Waals surface area contributed by atoms with E-state index in [0.29, 0.717) is 6.07 Å². The molecule has 1 aromatic carbocycles. The minimum Gasteiger partial charge on any atom is -0.258 e. The Kier molecular flexibility index (Phi) is 3.06. The SMILES string of the molecule is O=[N+]([O-])c1cc(F)c(Cl)c([N+](=O)[O-])c1Cl. The lowest BCUT2D eigenvalue weighted by molar-refractivity contribution is -0.394. The number of nitro groups is 2. The molecule has 0 saturated carbocycles. The van der Waals surface area contributed by atoms with Gasteiger partial charge in [-0.3, -0.25) is 20.2 Å². The summed E-state index contributed by atoms with van der Waals surface area (Å²) in [6, 6.07) is 0.428. The molecule has 80 valence electrons. The van der Waals surface area contributed by atoms with E-state index in [1.807, 2.05) is 0 Å². The number of hydrogen-bond acceptors (Lipinski definition) is 4. The van der Waals surface area contributed by atoms with Gasteiger partial charge in [0.25, 0.3) is 5.69 Å². The maximum atomic E-state index is 12.9. The van der Waals surface area contributed by atoms with Crippen LogP contribution in [0.4, 0.5) is 15.8 Å². The Hall–Kier alpha value is -1.47. The highest BCUT2D eigenvalue weighted by Crippen LogP contribution is 2.40. The van der Waals surface area contributed by atoms with E-state index >= 15 is 0 Å². The van der Waals surface area contributed by atoms with Crippen LogP contribution in [0.25, 0.3) is 0 Å². The maximum Gasteiger partial charge on any atom is 0.316 e. The first-order valence-electron chi connectivity index (χ1n) is 3.32. The van der Waals surface area contributed by atoms with E-state index in [4.69, 9.17) is 23.2 Å². The zero-order valence-corrected chi connectivity index (χ0v) is 8.25. The van der Waals surface area contributed by atoms with Gasteiger partial charge >= 0.3 is 5.69 Å². The summed E-state index contributed by atoms with van der Waals surface area (Å²) in [5.41, 5.74) is -1.91. The highest BCUT2D eigenvalue weighted by atomic mass is 35.5. The van der Waals surface area contributed by atoms with Crippen molar-refractivity contribution < 1.29 is 14.2 Å². The number of hydrogen-bond donors (Lipinski definition) is 0. The van der Waals surface area contributed by atoms with Crippen LogP contribution in [0.5, 0.6) is 0 Å². The van der Waals surface area contributed by atoms with Gasteiger partial charge in [-0.15, -0.1) is 0 Å². The third-order valence-corrected chi connectivity index (χ3v) is 2.23. The van der Waals surface area contributed by atoms with Crippen LogP contribution >= 0.6 is 23.2 Å². The summed E-state index contributed by atoms with van der Waals surface area (Å²) in [6.07, 6.45) is 0. The fraction of sp³-hybridized carbons (Fsp3) is 0. The van der Waals surface area contributed by atoms with Gasteiger partial charge in [0.15, 0.2) is 15.9 Å². The van der Waals surface area contributed by atoms with Crippen molar-refractivity contribution in [3.8, 4) is 0 Å². The van der Waals surface area contributed by atoms with Gasteiger partial charge in [0, 0.05) is 0 Å². The van der Waals surface area contributed by atoms with Crippen LogP contribution in [0.15, 0.2) is 6.07 Å². The molecular formula is C6HCl2FN2O4. The van der Waals surface area contributed by atoms with Crippen molar-refractivity contribution in [3.05, 3.63) is 42.2 Å². The lowest BCUT2D eigenvalue weighted by Gasteiger charge is -2.00. The largest absolute Gasteiger partial charge is 0.316 e. The lowest BCUT2D eigenvalue weighted by atomic mass is 10.2. The molecule has 0 bridgehead atoms. The normalized spacial score (nSPS) is 10.1. The summed E-state index contributed by atoms with van der Waals surface area (Å²) < 4.78 is 12.9. The third kappa shape index (κ3) is 1.97. The van der Waals surface area contributed by atoms with Crippen LogP contribution in [0.2, 0.25) is 10.0 Å². The van der Waals surface area contributed by atoms with Crippen LogP contribution in [0, 0.1) is 26.0 Å². The van der Waals surface area contributed by atoms with Gasteiger partial charge in [-0.2, -0.15) is 0 Å². The van der Waals surface area contributed by atoms with E-state index in [1.165, 1.54) is 0 Å². The summed E-state index contributed by atoms with van der Waals surface area (Å²) in [5, 5.41) is 19.1. The van der Waals surface area contributed by atoms with Crippen molar-refractivity contribution in [3.63, 3.8) is 0 Å². The van der Waals surface area contributed by atoms with Crippen LogP contribution in [-0.2, 0) is 0 Å². The molecule has 0 aliphatic heterocycles. The molecule has 1 aromatic rings. The molecule has 0 saturated heterocycles. The number of rotatable bonds is 2. The number of nitrogens with zero attached hydrogens (tertiary/aromatic N) is 2. The fourth-order valence-corrected chi connectivity index (χ4v) is 1.42. The van der Waals surface area contributed by atoms with Crippen LogP contribution in [-0.4, -0.2) is 9.85 Å². The van der Waals surface area contributed by atoms with E-state index < -0.39 is 37.1 Å². The average molecular weight is 255 g/mol. The molecular weight excluding hydrogens is 254 g/mol. The van der Waals surface area contributed by atoms with Crippen molar-refractivity contribution in [1.29, 1.82) is 0 Å². The van der Waals surface area contributed by atoms with E-state index in [1.54, 1.807) is 0 Å². The van der Waals surface area contributed by atoms with E-state index in [-0.39, 0.29) is 0 Å². The second kappa shape index (κ2) is 3.95. The molecule has 0 amide bonds. The Morgan fingerprint density at radius 2 is 1.67 bits per heavy atom. The first-order valence-corrected chi connectivity index (χ1v) is 4.08. The average Bonchev–Trinajstić information content (AvgIpc) is 2.10. The topological polar surface area (TPSA) is 86.3 Å². The second-order valence-corrected chi connectivity index (χ2v) is 3.12. The van der Waals surface area contributed by atoms with Gasteiger partial charge in [0.05, 0.1) is 15.9 Å². The molecule has 15 heavy (non-hydrogen) atoms. The van der Waals surface area contributed by atoms with Crippen LogP contribution in [0.3, 0.4) is 0 Å². The summed E-state index contributed by atoms with van der Waals surface area (Å²) >= 11 is 10.6. The molecule has 6 nitrogen and oxygen atoms in total. The minimum atomic E-state index is -1.26. The first kappa shape index (κ1) is 11.6. The van der Waals surface area contributed by atoms with Gasteiger partial charge in [-0.25, -0.2) is 4.39 Å². The van der Waals surface area contributed by atoms with Gasteiger partial charge in [0.1, 0.15) is 0 Å². The lowest BCUT2D eigenvalue weighted by Crippen LogP contribution is -1.98. The van der Waals surface area contributed by atoms with Crippen LogP contribution < -0.4 is 0 Å². The Bertz CT molecular complexity index is 465. The molecule has 0 spiro atoms. The standard InChI is InChI=1S/C6HCl2FN2O4/c7-4-2(9)1-3(10(12)13)5(8)6(4)11(14)15/h1H. The molecule has 0 unspecified atom stereocenters. The van der Waals surface area contributed by atoms with Gasteiger partial charge in [0.2, 0.25) is 0 Å². The van der Waals surface area contributed by atoms with Crippen molar-refractivity contribution in [2.24, 2.45) is 0 Å². The minimum absolute atomic E-state index is 0.428. The Balaban J connectivity index is 3.63. The molecule has 0 aromatic heterocycles. The van der Waals surface area contributed by atoms with E-state index in [2.05, 4.69) is 0 Å². The monoisotopic (exact) mass is 254 g/mol. The molecule has 0 radical (unpaired) electrons. The molecule has 0 aliphatic rings. The Morgan fingerprint density at radius 1 is 1.13 bits per heavy atom. The summed E-state index contributed by atoms with van der Waals surface area (Å²) in [5.74, 6) is -1.26. The van der Waals surface area contributed by atoms with Crippen molar-refractivity contribution in [2.45, 2.75) is 0 Å². The number of halogens is 3. The molecule has 0 heterocycles. The zero-order valence-electron chi connectivity index (χ0n) is 6.74. The fourth-order valence-electron chi connectivity index (χ4n) is 0.871. The second-order valence-electron chi connectivity index (χ2n) is 2.37. The number of benzene rings is 1. The third-order valence-electron chi connectivity index (χ3n) is 1.49. The first-order chi connectivity index (χ1) is 6.86. The predicted octanol–water partition coefficient (Wildman–Crippen LogP) is 2.95. The molecule has 9 heteroatoms. The van der Waals surface area contributed by atoms with Crippen molar-refractivity contribution in [2.75, 3.05) is 0 Å². The summed E-state index contributed by atoms with van der Waals surface area (Å²) in [6.45, 7) is 0. The molecule has 0 aliphatic carbocycles. The van der Waals surface area contributed by atoms with Crippen molar-refractivity contribution >= 4 is 34.6 Å². The smallest absolute Gasteiger partial charge is 0.258 e. The van der Waals surface area contributed by atoms with E-state index in [9.17, 15) is 24.6 Å².